The number of fused-ring (bicyclic) bond motifs is 4. The monoisotopic (exact) mass is 869 g/mol. The smallest absolute Gasteiger partial charge is 0.243 e. The van der Waals surface area contributed by atoms with Crippen molar-refractivity contribution in [3.8, 4) is 0 Å². The zero-order chi connectivity index (χ0) is 45.0. The van der Waals surface area contributed by atoms with Gasteiger partial charge in [-0.15, -0.1) is 11.8 Å². The Morgan fingerprint density at radius 3 is 1.50 bits per heavy atom. The van der Waals surface area contributed by atoms with Gasteiger partial charge in [-0.05, 0) is 46.4 Å². The van der Waals surface area contributed by atoms with Gasteiger partial charge in [-0.25, -0.2) is 0 Å². The summed E-state index contributed by atoms with van der Waals surface area (Å²) in [5.41, 5.74) is 2.48. The van der Waals surface area contributed by atoms with E-state index in [0.717, 1.165) is 32.9 Å². The van der Waals surface area contributed by atoms with Crippen LogP contribution < -0.4 is 37.2 Å². The number of amides is 6. The number of aromatic nitrogens is 2. The highest BCUT2D eigenvalue weighted by molar-refractivity contribution is 8.00. The van der Waals surface area contributed by atoms with Gasteiger partial charge in [-0.2, -0.15) is 0 Å². The van der Waals surface area contributed by atoms with Crippen LogP contribution in [0.4, 0.5) is 0 Å². The summed E-state index contributed by atoms with van der Waals surface area (Å²) in [6, 6.07) is 8.74. The summed E-state index contributed by atoms with van der Waals surface area (Å²) >= 11 is 1.49. The lowest BCUT2D eigenvalue weighted by molar-refractivity contribution is -0.137. The van der Waals surface area contributed by atoms with Crippen molar-refractivity contribution < 1.29 is 28.8 Å². The Hall–Kier alpha value is -5.35. The molecule has 6 rings (SSSR count). The number of benzene rings is 2. The SMILES string of the molecule is CC(C)[C@@H]1NC(=O)[C@@H](Cc2c[nH]c3ccccc23)NC(=O)[C@H](C(C)C)NC(=O)[C@@H](C(C)(C)C)NC(=O)[C@H](Cc2c[nH]c3ccccc23)NC(=O)[C@@H](C(C)C)NC(=O)[C@@H]2CSC1N2. The number of para-hydroxylation sites is 2. The molecule has 4 aromatic rings. The standard InChI is InChI=1S/C46H63N9O6S/c1-23(2)35-42(59)50-33(19-27-21-48-31-17-13-11-15-29(27)31)40(57)55-38(46(7,8)9)44(61)53-36(24(3)4)43(60)49-32(18-26-20-47-30-16-12-10-14-28(26)30)39(56)54-37(25(5)6)45-51-34(22-62-45)41(58)52-35/h10-17,20-21,23-25,32-38,45,47-48,51H,18-19,22H2,1-9H3,(H,49,60)(H,50,59)(H,52,58)(H,53,61)(H,54,56)(H,55,57)/t32-,33+,34+,35-,36+,37+,38+,45?/m1/s1. The third-order valence-corrected chi connectivity index (χ3v) is 13.2. The molecule has 2 aromatic carbocycles. The van der Waals surface area contributed by atoms with Gasteiger partial charge in [0.25, 0.3) is 0 Å². The third kappa shape index (κ3) is 10.6. The van der Waals surface area contributed by atoms with Gasteiger partial charge >= 0.3 is 0 Å². The van der Waals surface area contributed by atoms with Crippen molar-refractivity contribution in [2.75, 3.05) is 5.75 Å². The van der Waals surface area contributed by atoms with E-state index in [-0.39, 0.29) is 36.0 Å². The summed E-state index contributed by atoms with van der Waals surface area (Å²) in [4.78, 5) is 92.5. The van der Waals surface area contributed by atoms with Gasteiger partial charge in [-0.1, -0.05) is 98.7 Å². The molecule has 8 atom stereocenters. The number of nitrogens with one attached hydrogen (secondary N) is 9. The first-order chi connectivity index (χ1) is 29.3. The second-order valence-corrected chi connectivity index (χ2v) is 19.9. The molecule has 0 spiro atoms. The average Bonchev–Trinajstić information content (AvgIpc) is 3.97. The highest BCUT2D eigenvalue weighted by Crippen LogP contribution is 2.27. The first-order valence-electron chi connectivity index (χ1n) is 21.6. The maximum atomic E-state index is 14.5. The normalized spacial score (nSPS) is 26.5. The topological polar surface area (TPSA) is 218 Å². The minimum Gasteiger partial charge on any atom is -0.361 e. The van der Waals surface area contributed by atoms with Crippen LogP contribution in [-0.4, -0.2) is 98.8 Å². The summed E-state index contributed by atoms with van der Waals surface area (Å²) in [5, 5.41) is 22.7. The predicted octanol–water partition coefficient (Wildman–Crippen LogP) is 3.40. The summed E-state index contributed by atoms with van der Waals surface area (Å²) in [7, 11) is 0. The molecular weight excluding hydrogens is 807 g/mol. The van der Waals surface area contributed by atoms with Gasteiger partial charge in [0.1, 0.15) is 30.2 Å². The van der Waals surface area contributed by atoms with Crippen LogP contribution in [0.2, 0.25) is 0 Å². The number of hydrogen-bond donors (Lipinski definition) is 9. The third-order valence-electron chi connectivity index (χ3n) is 11.9. The average molecular weight is 870 g/mol. The predicted molar refractivity (Wildman–Crippen MR) is 243 cm³/mol. The van der Waals surface area contributed by atoms with Crippen molar-refractivity contribution in [1.82, 2.24) is 47.2 Å². The summed E-state index contributed by atoms with van der Waals surface area (Å²) in [6.45, 7) is 16.6. The maximum absolute atomic E-state index is 14.5. The minimum absolute atomic E-state index is 0.0772. The van der Waals surface area contributed by atoms with Crippen LogP contribution in [0.15, 0.2) is 60.9 Å². The van der Waals surface area contributed by atoms with Crippen LogP contribution in [0, 0.1) is 23.2 Å². The molecule has 2 fully saturated rings. The number of carbonyl (C=O) groups is 6. The van der Waals surface area contributed by atoms with Gasteiger partial charge < -0.3 is 41.9 Å². The van der Waals surface area contributed by atoms with Crippen LogP contribution in [0.3, 0.4) is 0 Å². The van der Waals surface area contributed by atoms with Crippen LogP contribution in [-0.2, 0) is 41.6 Å². The molecule has 0 saturated carbocycles. The molecule has 2 aliphatic heterocycles. The molecule has 62 heavy (non-hydrogen) atoms. The van der Waals surface area contributed by atoms with Gasteiger partial charge in [0.2, 0.25) is 35.4 Å². The maximum Gasteiger partial charge on any atom is 0.243 e. The number of hydrogen-bond acceptors (Lipinski definition) is 8. The molecule has 0 aliphatic carbocycles. The zero-order valence-corrected chi connectivity index (χ0v) is 37.9. The number of H-pyrrole nitrogens is 2. The lowest BCUT2D eigenvalue weighted by Crippen LogP contribution is -2.63. The molecule has 2 bridgehead atoms. The Bertz CT molecular complexity index is 2280. The Kier molecular flexibility index (Phi) is 14.4. The van der Waals surface area contributed by atoms with Gasteiger partial charge in [-0.3, -0.25) is 34.1 Å². The first kappa shape index (κ1) is 46.2. The van der Waals surface area contributed by atoms with Crippen molar-refractivity contribution in [3.63, 3.8) is 0 Å². The fourth-order valence-electron chi connectivity index (χ4n) is 8.17. The Labute approximate surface area is 367 Å². The molecule has 334 valence electrons. The van der Waals surface area contributed by atoms with E-state index in [1.54, 1.807) is 40.8 Å². The van der Waals surface area contributed by atoms with Gasteiger partial charge in [0.15, 0.2) is 0 Å². The Balaban J connectivity index is 1.38. The minimum atomic E-state index is -1.16. The molecule has 1 unspecified atom stereocenters. The van der Waals surface area contributed by atoms with Crippen LogP contribution in [0.5, 0.6) is 0 Å². The van der Waals surface area contributed by atoms with Crippen molar-refractivity contribution >= 4 is 69.0 Å². The van der Waals surface area contributed by atoms with E-state index in [2.05, 4.69) is 47.2 Å². The van der Waals surface area contributed by atoms with Crippen LogP contribution >= 0.6 is 11.8 Å². The Morgan fingerprint density at radius 1 is 0.565 bits per heavy atom. The molecule has 15 nitrogen and oxygen atoms in total. The van der Waals surface area contributed by atoms with E-state index in [1.807, 2.05) is 82.4 Å². The van der Waals surface area contributed by atoms with Crippen molar-refractivity contribution in [2.24, 2.45) is 23.2 Å². The fraction of sp³-hybridized carbons (Fsp3) is 0.522. The van der Waals surface area contributed by atoms with Crippen LogP contribution in [0.1, 0.15) is 73.4 Å². The zero-order valence-electron chi connectivity index (χ0n) is 37.1. The lowest BCUT2D eigenvalue weighted by atomic mass is 9.85. The second-order valence-electron chi connectivity index (χ2n) is 18.8. The quantitative estimate of drug-likeness (QED) is 0.134. The highest BCUT2D eigenvalue weighted by atomic mass is 32.2. The number of thioether (sulfide) groups is 1. The molecule has 2 aromatic heterocycles. The molecule has 0 radical (unpaired) electrons. The first-order valence-corrected chi connectivity index (χ1v) is 22.7. The Morgan fingerprint density at radius 2 is 1.03 bits per heavy atom. The summed E-state index contributed by atoms with van der Waals surface area (Å²) in [5.74, 6) is -3.62. The van der Waals surface area contributed by atoms with Crippen molar-refractivity contribution in [2.45, 2.75) is 123 Å². The van der Waals surface area contributed by atoms with E-state index >= 15 is 0 Å². The van der Waals surface area contributed by atoms with Crippen molar-refractivity contribution in [1.29, 1.82) is 0 Å². The van der Waals surface area contributed by atoms with E-state index in [9.17, 15) is 28.8 Å². The molecular formula is C46H63N9O6S. The fourth-order valence-corrected chi connectivity index (χ4v) is 9.67. The van der Waals surface area contributed by atoms with Gasteiger partial charge in [0, 0.05) is 52.8 Å². The molecule has 16 heteroatoms. The molecule has 9 N–H and O–H groups in total. The lowest BCUT2D eigenvalue weighted by Gasteiger charge is -2.34. The van der Waals surface area contributed by atoms with E-state index in [1.165, 1.54) is 11.8 Å². The van der Waals surface area contributed by atoms with E-state index in [4.69, 9.17) is 0 Å². The van der Waals surface area contributed by atoms with Crippen molar-refractivity contribution in [3.05, 3.63) is 72.1 Å². The number of rotatable bonds is 7. The molecule has 4 heterocycles. The van der Waals surface area contributed by atoms with E-state index < -0.39 is 83.2 Å². The number of aromatic amines is 2. The van der Waals surface area contributed by atoms with Gasteiger partial charge in [0.05, 0.1) is 17.5 Å². The molecule has 2 aliphatic rings. The summed E-state index contributed by atoms with van der Waals surface area (Å²) < 4.78 is 0. The second kappa shape index (κ2) is 19.4. The molecule has 2 saturated heterocycles. The summed E-state index contributed by atoms with van der Waals surface area (Å²) in [6.07, 6.45) is 3.85. The van der Waals surface area contributed by atoms with E-state index in [0.29, 0.717) is 5.75 Å². The highest BCUT2D eigenvalue weighted by Gasteiger charge is 2.42. The number of carbonyl (C=O) groups excluding carboxylic acids is 6. The van der Waals surface area contributed by atoms with Crippen LogP contribution in [0.25, 0.3) is 21.8 Å². The largest absolute Gasteiger partial charge is 0.361 e. The molecule has 6 amide bonds.